The molecule has 164 valence electrons. The number of carbonyl (C=O) groups excluding carboxylic acids is 3. The molecule has 1 aliphatic rings. The second-order valence-corrected chi connectivity index (χ2v) is 8.32. The van der Waals surface area contributed by atoms with E-state index in [2.05, 4.69) is 33.5 Å². The van der Waals surface area contributed by atoms with Gasteiger partial charge in [-0.1, -0.05) is 47.1 Å². The molecule has 1 aliphatic heterocycles. The Morgan fingerprint density at radius 2 is 1.74 bits per heavy atom. The van der Waals surface area contributed by atoms with Crippen LogP contribution in [0, 0.1) is 0 Å². The first kappa shape index (κ1) is 23.0. The number of amides is 3. The molecule has 2 aromatic carbocycles. The van der Waals surface area contributed by atoms with Gasteiger partial charge in [0.05, 0.1) is 13.1 Å². The van der Waals surface area contributed by atoms with Crippen molar-refractivity contribution < 1.29 is 14.4 Å². The monoisotopic (exact) mass is 486 g/mol. The Hall–Kier alpha value is -2.71. The number of rotatable bonds is 7. The highest BCUT2D eigenvalue weighted by Crippen LogP contribution is 2.15. The van der Waals surface area contributed by atoms with Gasteiger partial charge in [-0.15, -0.1) is 0 Å². The summed E-state index contributed by atoms with van der Waals surface area (Å²) >= 11 is 3.33. The number of carbonyl (C=O) groups is 3. The number of nitrogens with one attached hydrogen (secondary N) is 2. The summed E-state index contributed by atoms with van der Waals surface area (Å²) in [6.45, 7) is 4.61. The highest BCUT2D eigenvalue weighted by Gasteiger charge is 2.23. The summed E-state index contributed by atoms with van der Waals surface area (Å²) in [5.74, 6) is -0.455. The van der Waals surface area contributed by atoms with Crippen molar-refractivity contribution >= 4 is 39.3 Å². The molecular weight excluding hydrogens is 460 g/mol. The van der Waals surface area contributed by atoms with Crippen LogP contribution in [-0.2, 0) is 16.0 Å². The number of piperazine rings is 1. The van der Waals surface area contributed by atoms with E-state index in [0.717, 1.165) is 22.1 Å². The van der Waals surface area contributed by atoms with Crippen LogP contribution in [0.5, 0.6) is 0 Å². The van der Waals surface area contributed by atoms with Crippen LogP contribution in [0.2, 0.25) is 0 Å². The first-order valence-corrected chi connectivity index (χ1v) is 11.2. The van der Waals surface area contributed by atoms with E-state index in [1.165, 1.54) is 0 Å². The SMILES string of the molecule is CCc1ccccc1NC(=O)CN1CCN(C(=O)CNC(=O)c2cccc(Br)c2)CC1. The van der Waals surface area contributed by atoms with Crippen molar-refractivity contribution in [2.24, 2.45) is 0 Å². The Labute approximate surface area is 190 Å². The lowest BCUT2D eigenvalue weighted by molar-refractivity contribution is -0.132. The standard InChI is InChI=1S/C23H27BrN4O3/c1-2-17-6-3-4-9-20(17)26-21(29)16-27-10-12-28(13-11-27)22(30)15-25-23(31)18-7-5-8-19(24)14-18/h3-9,14H,2,10-13,15-16H2,1H3,(H,25,31)(H,26,29). The van der Waals surface area contributed by atoms with Crippen LogP contribution in [0.4, 0.5) is 5.69 Å². The molecule has 7 nitrogen and oxygen atoms in total. The highest BCUT2D eigenvalue weighted by molar-refractivity contribution is 9.10. The molecule has 0 saturated carbocycles. The molecular formula is C23H27BrN4O3. The van der Waals surface area contributed by atoms with Gasteiger partial charge < -0.3 is 15.5 Å². The van der Waals surface area contributed by atoms with Crippen molar-refractivity contribution in [1.29, 1.82) is 0 Å². The average Bonchev–Trinajstić information content (AvgIpc) is 2.78. The number of anilines is 1. The minimum atomic E-state index is -0.280. The lowest BCUT2D eigenvalue weighted by atomic mass is 10.1. The molecule has 2 N–H and O–H groups in total. The van der Waals surface area contributed by atoms with E-state index in [-0.39, 0.29) is 24.3 Å². The lowest BCUT2D eigenvalue weighted by Gasteiger charge is -2.34. The predicted octanol–water partition coefficient (Wildman–Crippen LogP) is 2.52. The molecule has 1 fully saturated rings. The third kappa shape index (κ3) is 6.63. The van der Waals surface area contributed by atoms with Gasteiger partial charge >= 0.3 is 0 Å². The van der Waals surface area contributed by atoms with Crippen LogP contribution >= 0.6 is 15.9 Å². The van der Waals surface area contributed by atoms with Gasteiger partial charge in [0, 0.05) is 41.9 Å². The minimum absolute atomic E-state index is 0.0420. The van der Waals surface area contributed by atoms with Crippen molar-refractivity contribution in [2.75, 3.05) is 44.6 Å². The molecule has 0 aromatic heterocycles. The molecule has 1 heterocycles. The molecule has 0 unspecified atom stereocenters. The first-order valence-electron chi connectivity index (χ1n) is 10.4. The van der Waals surface area contributed by atoms with Crippen molar-refractivity contribution in [3.8, 4) is 0 Å². The normalized spacial score (nSPS) is 14.2. The summed E-state index contributed by atoms with van der Waals surface area (Å²) in [6, 6.07) is 14.8. The number of nitrogens with zero attached hydrogens (tertiary/aromatic N) is 2. The van der Waals surface area contributed by atoms with Crippen LogP contribution in [0.1, 0.15) is 22.8 Å². The number of benzene rings is 2. The number of halogens is 1. The van der Waals surface area contributed by atoms with E-state index in [1.54, 1.807) is 23.1 Å². The number of hydrogen-bond acceptors (Lipinski definition) is 4. The Morgan fingerprint density at radius 1 is 1.00 bits per heavy atom. The molecule has 0 spiro atoms. The Kier molecular flexibility index (Phi) is 8.20. The van der Waals surface area contributed by atoms with Crippen molar-refractivity contribution in [1.82, 2.24) is 15.1 Å². The van der Waals surface area contributed by atoms with Crippen molar-refractivity contribution in [2.45, 2.75) is 13.3 Å². The van der Waals surface area contributed by atoms with Gasteiger partial charge in [-0.2, -0.15) is 0 Å². The van der Waals surface area contributed by atoms with E-state index in [1.807, 2.05) is 35.2 Å². The van der Waals surface area contributed by atoms with Gasteiger partial charge in [-0.25, -0.2) is 0 Å². The summed E-state index contributed by atoms with van der Waals surface area (Å²) < 4.78 is 0.810. The predicted molar refractivity (Wildman–Crippen MR) is 124 cm³/mol. The molecule has 0 bridgehead atoms. The van der Waals surface area contributed by atoms with E-state index >= 15 is 0 Å². The summed E-state index contributed by atoms with van der Waals surface area (Å²) in [6.07, 6.45) is 0.856. The fraction of sp³-hybridized carbons (Fsp3) is 0.348. The molecule has 1 saturated heterocycles. The zero-order chi connectivity index (χ0) is 22.2. The maximum atomic E-state index is 12.4. The summed E-state index contributed by atoms with van der Waals surface area (Å²) in [5.41, 5.74) is 2.46. The Bertz CT molecular complexity index is 942. The molecule has 0 atom stereocenters. The summed E-state index contributed by atoms with van der Waals surface area (Å²) in [5, 5.41) is 5.66. The first-order chi connectivity index (χ1) is 15.0. The summed E-state index contributed by atoms with van der Waals surface area (Å²) in [4.78, 5) is 40.8. The Morgan fingerprint density at radius 3 is 2.45 bits per heavy atom. The van der Waals surface area contributed by atoms with Crippen LogP contribution in [-0.4, -0.2) is 66.8 Å². The van der Waals surface area contributed by atoms with Gasteiger partial charge in [-0.05, 0) is 36.2 Å². The van der Waals surface area contributed by atoms with E-state index in [4.69, 9.17) is 0 Å². The molecule has 3 amide bonds. The van der Waals surface area contributed by atoms with E-state index in [9.17, 15) is 14.4 Å². The summed E-state index contributed by atoms with van der Waals surface area (Å²) in [7, 11) is 0. The molecule has 0 radical (unpaired) electrons. The fourth-order valence-electron chi connectivity index (χ4n) is 3.50. The molecule has 8 heteroatoms. The second-order valence-electron chi connectivity index (χ2n) is 7.41. The molecule has 31 heavy (non-hydrogen) atoms. The number of para-hydroxylation sites is 1. The van der Waals surface area contributed by atoms with Gasteiger partial charge in [-0.3, -0.25) is 19.3 Å². The zero-order valence-corrected chi connectivity index (χ0v) is 19.2. The average molecular weight is 487 g/mol. The van der Waals surface area contributed by atoms with Gasteiger partial charge in [0.2, 0.25) is 11.8 Å². The molecule has 3 rings (SSSR count). The van der Waals surface area contributed by atoms with Gasteiger partial charge in [0.1, 0.15) is 0 Å². The van der Waals surface area contributed by atoms with Crippen molar-refractivity contribution in [3.63, 3.8) is 0 Å². The maximum Gasteiger partial charge on any atom is 0.251 e. The van der Waals surface area contributed by atoms with Crippen LogP contribution in [0.25, 0.3) is 0 Å². The Balaban J connectivity index is 1.41. The van der Waals surface area contributed by atoms with E-state index < -0.39 is 0 Å². The topological polar surface area (TPSA) is 81.8 Å². The highest BCUT2D eigenvalue weighted by atomic mass is 79.9. The van der Waals surface area contributed by atoms with Crippen molar-refractivity contribution in [3.05, 3.63) is 64.1 Å². The van der Waals surface area contributed by atoms with Gasteiger partial charge in [0.15, 0.2) is 0 Å². The van der Waals surface area contributed by atoms with Crippen LogP contribution < -0.4 is 10.6 Å². The maximum absolute atomic E-state index is 12.4. The molecule has 2 aromatic rings. The smallest absolute Gasteiger partial charge is 0.251 e. The van der Waals surface area contributed by atoms with Crippen LogP contribution in [0.15, 0.2) is 53.0 Å². The third-order valence-corrected chi connectivity index (χ3v) is 5.74. The van der Waals surface area contributed by atoms with E-state index in [0.29, 0.717) is 38.3 Å². The van der Waals surface area contributed by atoms with Gasteiger partial charge in [0.25, 0.3) is 5.91 Å². The molecule has 0 aliphatic carbocycles. The largest absolute Gasteiger partial charge is 0.343 e. The fourth-order valence-corrected chi connectivity index (χ4v) is 3.90. The zero-order valence-electron chi connectivity index (χ0n) is 17.6. The lowest BCUT2D eigenvalue weighted by Crippen LogP contribution is -2.52. The number of aryl methyl sites for hydroxylation is 1. The second kappa shape index (κ2) is 11.1. The third-order valence-electron chi connectivity index (χ3n) is 5.25. The number of hydrogen-bond donors (Lipinski definition) is 2. The van der Waals surface area contributed by atoms with Crippen LogP contribution in [0.3, 0.4) is 0 Å². The quantitative estimate of drug-likeness (QED) is 0.629. The minimum Gasteiger partial charge on any atom is -0.343 e.